The van der Waals surface area contributed by atoms with Gasteiger partial charge in [-0.3, -0.25) is 19.2 Å². The van der Waals surface area contributed by atoms with E-state index in [0.29, 0.717) is 0 Å². The predicted octanol–water partition coefficient (Wildman–Crippen LogP) is -0.280. The van der Waals surface area contributed by atoms with E-state index in [1.165, 1.54) is 27.2 Å². The van der Waals surface area contributed by atoms with Crippen molar-refractivity contribution in [1.29, 1.82) is 0 Å². The van der Waals surface area contributed by atoms with Gasteiger partial charge in [-0.2, -0.15) is 0 Å². The molecule has 6 rings (SSSR count). The fourth-order valence-electron chi connectivity index (χ4n) is 7.98. The molecule has 0 radical (unpaired) electrons. The van der Waals surface area contributed by atoms with E-state index in [1.807, 2.05) is 0 Å². The van der Waals surface area contributed by atoms with E-state index in [0.717, 1.165) is 26.4 Å². The fourth-order valence-corrected chi connectivity index (χ4v) is 7.98. The molecule has 7 N–H and O–H groups in total. The van der Waals surface area contributed by atoms with Gasteiger partial charge in [-0.15, -0.1) is 0 Å². The summed E-state index contributed by atoms with van der Waals surface area (Å²) in [6, 6.07) is 2.19. The number of aryl methyl sites for hydroxylation is 1. The number of nitrogens with one attached hydrogen (secondary N) is 1. The first-order chi connectivity index (χ1) is 25.6. The van der Waals surface area contributed by atoms with Gasteiger partial charge in [-0.1, -0.05) is 11.2 Å². The SMILES string of the molecule is COC(=O)c1c(C)cc2c(c1O)[C@]1(O)C(=O)c3cc4c(c(O)c3C(=O)[C@]1(OC)[C@H](O)C2)C(=O)C=C(N[C@H]1O[C@@H](C)[C@H](OC)C(=NOCCN)[C@H]1OC)C4=O. The molecule has 0 bridgehead atoms. The number of benzene rings is 2. The minimum absolute atomic E-state index is 0.00533. The lowest BCUT2D eigenvalue weighted by molar-refractivity contribution is -0.181. The summed E-state index contributed by atoms with van der Waals surface area (Å²) >= 11 is 0. The molecule has 1 fully saturated rings. The van der Waals surface area contributed by atoms with Crippen molar-refractivity contribution < 1.29 is 72.9 Å². The van der Waals surface area contributed by atoms with Gasteiger partial charge in [0.1, 0.15) is 41.6 Å². The molecular weight excluding hydrogens is 714 g/mol. The highest BCUT2D eigenvalue weighted by molar-refractivity contribution is 6.31. The Bertz CT molecular complexity index is 2060. The molecule has 0 aromatic heterocycles. The molecule has 288 valence electrons. The number of hydrogen-bond acceptors (Lipinski definition) is 18. The Kier molecular flexibility index (Phi) is 9.99. The fraction of sp³-hybridized carbons (Fsp3) is 0.444. The van der Waals surface area contributed by atoms with Gasteiger partial charge in [0, 0.05) is 57.1 Å². The molecule has 1 heterocycles. The number of oxime groups is 1. The first-order valence-corrected chi connectivity index (χ1v) is 16.7. The molecule has 4 aliphatic rings. The number of aromatic hydroxyl groups is 2. The summed E-state index contributed by atoms with van der Waals surface area (Å²) in [6.07, 6.45) is -5.19. The summed E-state index contributed by atoms with van der Waals surface area (Å²) in [6.45, 7) is 3.35. The first kappa shape index (κ1) is 38.6. The number of ketones is 4. The third-order valence-corrected chi connectivity index (χ3v) is 10.4. The second-order valence-corrected chi connectivity index (χ2v) is 13.1. The lowest BCUT2D eigenvalue weighted by Gasteiger charge is -2.52. The van der Waals surface area contributed by atoms with E-state index >= 15 is 0 Å². The maximum atomic E-state index is 14.7. The molecule has 2 aromatic carbocycles. The van der Waals surface area contributed by atoms with E-state index in [9.17, 15) is 44.4 Å². The molecule has 0 spiro atoms. The van der Waals surface area contributed by atoms with Crippen LogP contribution in [-0.4, -0.2) is 133 Å². The third kappa shape index (κ3) is 5.20. The number of carbonyl (C=O) groups excluding carboxylic acids is 5. The zero-order valence-corrected chi connectivity index (χ0v) is 30.0. The van der Waals surface area contributed by atoms with Crippen molar-refractivity contribution in [2.45, 2.75) is 62.1 Å². The monoisotopic (exact) mass is 753 g/mol. The van der Waals surface area contributed by atoms with Gasteiger partial charge in [0.25, 0.3) is 0 Å². The van der Waals surface area contributed by atoms with Crippen molar-refractivity contribution >= 4 is 34.8 Å². The van der Waals surface area contributed by atoms with Crippen LogP contribution >= 0.6 is 0 Å². The number of nitrogens with two attached hydrogens (primary N) is 1. The zero-order chi connectivity index (χ0) is 39.6. The number of ether oxygens (including phenoxy) is 5. The van der Waals surface area contributed by atoms with Crippen LogP contribution in [0.2, 0.25) is 0 Å². The van der Waals surface area contributed by atoms with Gasteiger partial charge in [0.2, 0.25) is 17.3 Å². The third-order valence-electron chi connectivity index (χ3n) is 10.4. The minimum atomic E-state index is -3.24. The molecule has 3 aliphatic carbocycles. The number of nitrogens with zero attached hydrogens (tertiary/aromatic N) is 1. The van der Waals surface area contributed by atoms with Crippen LogP contribution in [0.1, 0.15) is 75.4 Å². The summed E-state index contributed by atoms with van der Waals surface area (Å²) in [5.41, 5.74) is -4.36. The number of hydrogen-bond donors (Lipinski definition) is 6. The molecule has 18 heteroatoms. The number of aliphatic hydroxyl groups excluding tert-OH is 1. The highest BCUT2D eigenvalue weighted by atomic mass is 16.6. The summed E-state index contributed by atoms with van der Waals surface area (Å²) < 4.78 is 27.5. The molecule has 2 aromatic rings. The molecule has 0 amide bonds. The van der Waals surface area contributed by atoms with E-state index < -0.39 is 122 Å². The second kappa shape index (κ2) is 14.0. The van der Waals surface area contributed by atoms with Crippen LogP contribution in [0, 0.1) is 6.92 Å². The number of allylic oxidation sites excluding steroid dienone is 2. The molecular formula is C36H39N3O15. The smallest absolute Gasteiger partial charge is 0.341 e. The normalized spacial score (nSPS) is 29.5. The second-order valence-electron chi connectivity index (χ2n) is 13.1. The number of esters is 1. The number of Topliss-reactive ketones (excluding diaryl/α,β-unsaturated/α-hetero) is 3. The molecule has 54 heavy (non-hydrogen) atoms. The number of fused-ring (bicyclic) bond motifs is 5. The number of phenols is 2. The Labute approximate surface area is 307 Å². The molecule has 0 saturated carbocycles. The highest BCUT2D eigenvalue weighted by Gasteiger charge is 2.72. The Morgan fingerprint density at radius 1 is 1.02 bits per heavy atom. The van der Waals surface area contributed by atoms with Crippen molar-refractivity contribution in [3.05, 3.63) is 68.4 Å². The molecule has 1 saturated heterocycles. The van der Waals surface area contributed by atoms with Crippen LogP contribution in [0.4, 0.5) is 0 Å². The lowest BCUT2D eigenvalue weighted by Crippen LogP contribution is -2.73. The summed E-state index contributed by atoms with van der Waals surface area (Å²) in [5, 5.41) is 54.0. The first-order valence-electron chi connectivity index (χ1n) is 16.7. The average Bonchev–Trinajstić information content (AvgIpc) is 3.12. The summed E-state index contributed by atoms with van der Waals surface area (Å²) in [5.74, 6) is -7.66. The number of rotatable bonds is 9. The number of carbonyl (C=O) groups is 5. The number of methoxy groups -OCH3 is 4. The maximum absolute atomic E-state index is 14.7. The Hall–Kier alpha value is -5.08. The summed E-state index contributed by atoms with van der Waals surface area (Å²) in [7, 11) is 4.73. The van der Waals surface area contributed by atoms with Crippen LogP contribution in [0.3, 0.4) is 0 Å². The van der Waals surface area contributed by atoms with Crippen LogP contribution in [0.5, 0.6) is 11.5 Å². The quantitative estimate of drug-likeness (QED) is 0.109. The molecule has 1 aliphatic heterocycles. The van der Waals surface area contributed by atoms with Crippen molar-refractivity contribution in [3.63, 3.8) is 0 Å². The van der Waals surface area contributed by atoms with Crippen LogP contribution in [-0.2, 0) is 40.5 Å². The van der Waals surface area contributed by atoms with Gasteiger partial charge in [0.15, 0.2) is 23.2 Å². The van der Waals surface area contributed by atoms with Crippen molar-refractivity contribution in [2.24, 2.45) is 10.9 Å². The molecule has 18 nitrogen and oxygen atoms in total. The van der Waals surface area contributed by atoms with Crippen LogP contribution in [0.15, 0.2) is 29.1 Å². The van der Waals surface area contributed by atoms with Gasteiger partial charge in [-0.25, -0.2) is 4.79 Å². The van der Waals surface area contributed by atoms with Crippen LogP contribution < -0.4 is 11.1 Å². The van der Waals surface area contributed by atoms with Crippen molar-refractivity contribution in [3.8, 4) is 11.5 Å². The molecule has 7 atom stereocenters. The average molecular weight is 754 g/mol. The van der Waals surface area contributed by atoms with E-state index in [4.69, 9.17) is 34.3 Å². The number of phenolic OH excluding ortho intramolecular Hbond substituents is 2. The summed E-state index contributed by atoms with van der Waals surface area (Å²) in [4.78, 5) is 75.0. The van der Waals surface area contributed by atoms with Gasteiger partial charge in [0.05, 0.1) is 36.1 Å². The largest absolute Gasteiger partial charge is 0.507 e. The number of aliphatic hydroxyl groups is 2. The minimum Gasteiger partial charge on any atom is -0.507 e. The Balaban J connectivity index is 1.48. The van der Waals surface area contributed by atoms with Gasteiger partial charge in [-0.05, 0) is 31.0 Å². The maximum Gasteiger partial charge on any atom is 0.341 e. The van der Waals surface area contributed by atoms with Crippen LogP contribution in [0.25, 0.3) is 0 Å². The van der Waals surface area contributed by atoms with E-state index in [2.05, 4.69) is 10.5 Å². The standard InChI is InChI=1S/C36H39N3O15/c1-13-9-15-10-20(41)36(52-6)32(46)23-17(31(45)35(36,48)24(15)28(44)21(13)34(47)51-5)11-16-22(27(23)43)19(40)12-18(26(16)42)38-33-30(50-4)25(39-53-8-7-37)29(49-3)14(2)54-33/h9,11-12,14,20,29-30,33,38,41,43-44,48H,7-8,10,37H2,1-6H3/t14-,20+,29-,30+,33-,35-,36+/m0/s1. The van der Waals surface area contributed by atoms with E-state index in [1.54, 1.807) is 6.92 Å². The highest BCUT2D eigenvalue weighted by Crippen LogP contribution is 2.56. The Morgan fingerprint density at radius 3 is 2.31 bits per heavy atom. The Morgan fingerprint density at radius 2 is 1.70 bits per heavy atom. The van der Waals surface area contributed by atoms with Gasteiger partial charge < -0.3 is 60.0 Å². The van der Waals surface area contributed by atoms with Gasteiger partial charge >= 0.3 is 5.97 Å². The van der Waals surface area contributed by atoms with E-state index in [-0.39, 0.29) is 35.7 Å². The van der Waals surface area contributed by atoms with Crippen molar-refractivity contribution in [2.75, 3.05) is 41.6 Å². The lowest BCUT2D eigenvalue weighted by atomic mass is 9.56. The topological polar surface area (TPSA) is 272 Å². The van der Waals surface area contributed by atoms with Crippen molar-refractivity contribution in [1.82, 2.24) is 5.32 Å². The zero-order valence-electron chi connectivity index (χ0n) is 30.0. The predicted molar refractivity (Wildman–Crippen MR) is 183 cm³/mol. The molecule has 0 unspecified atom stereocenters.